The molecule has 3 nitrogen and oxygen atoms in total. The van der Waals surface area contributed by atoms with Crippen LogP contribution in [0, 0.1) is 0 Å². The van der Waals surface area contributed by atoms with Crippen LogP contribution >= 0.6 is 11.6 Å². The predicted octanol–water partition coefficient (Wildman–Crippen LogP) is 1.92. The molecule has 1 aliphatic rings. The van der Waals surface area contributed by atoms with Crippen molar-refractivity contribution in [3.8, 4) is 0 Å². The Morgan fingerprint density at radius 3 is 3.00 bits per heavy atom. The van der Waals surface area contributed by atoms with Gasteiger partial charge in [-0.1, -0.05) is 11.6 Å². The highest BCUT2D eigenvalue weighted by Crippen LogP contribution is 2.19. The first-order valence-electron chi connectivity index (χ1n) is 5.40. The van der Waals surface area contributed by atoms with E-state index >= 15 is 0 Å². The predicted molar refractivity (Wildman–Crippen MR) is 63.5 cm³/mol. The van der Waals surface area contributed by atoms with Gasteiger partial charge in [-0.15, -0.1) is 0 Å². The van der Waals surface area contributed by atoms with Crippen molar-refractivity contribution in [2.45, 2.75) is 19.4 Å². The number of halogens is 1. The average molecular weight is 226 g/mol. The zero-order chi connectivity index (χ0) is 10.7. The number of aromatic nitrogens is 1. The van der Waals surface area contributed by atoms with Gasteiger partial charge in [0.2, 0.25) is 0 Å². The lowest BCUT2D eigenvalue weighted by molar-refractivity contribution is 0.640. The molecule has 1 aromatic heterocycles. The van der Waals surface area contributed by atoms with Crippen molar-refractivity contribution in [3.63, 3.8) is 0 Å². The van der Waals surface area contributed by atoms with E-state index < -0.39 is 0 Å². The Labute approximate surface area is 95.4 Å². The average Bonchev–Trinajstić information content (AvgIpc) is 2.75. The fourth-order valence-corrected chi connectivity index (χ4v) is 2.16. The summed E-state index contributed by atoms with van der Waals surface area (Å²) in [5.74, 6) is 1.02. The minimum Gasteiger partial charge on any atom is -0.353 e. The van der Waals surface area contributed by atoms with Crippen molar-refractivity contribution >= 4 is 17.4 Å². The number of pyridine rings is 1. The Hall–Kier alpha value is -0.800. The molecule has 4 heteroatoms. The van der Waals surface area contributed by atoms with Gasteiger partial charge >= 0.3 is 0 Å². The second kappa shape index (κ2) is 4.81. The lowest BCUT2D eigenvalue weighted by Gasteiger charge is -2.28. The number of hydrogen-bond donors (Lipinski definition) is 1. The SMILES string of the molecule is CCN(c1ccc(Cl)cn1)C1CCNC1. The smallest absolute Gasteiger partial charge is 0.128 e. The maximum absolute atomic E-state index is 5.83. The fraction of sp³-hybridized carbons (Fsp3) is 0.545. The van der Waals surface area contributed by atoms with Gasteiger partial charge in [0.05, 0.1) is 5.02 Å². The van der Waals surface area contributed by atoms with Crippen molar-refractivity contribution < 1.29 is 0 Å². The molecule has 82 valence electrons. The fourth-order valence-electron chi connectivity index (χ4n) is 2.05. The van der Waals surface area contributed by atoms with E-state index in [1.807, 2.05) is 12.1 Å². The van der Waals surface area contributed by atoms with Gasteiger partial charge in [-0.3, -0.25) is 0 Å². The Morgan fingerprint density at radius 1 is 1.60 bits per heavy atom. The monoisotopic (exact) mass is 225 g/mol. The Morgan fingerprint density at radius 2 is 2.47 bits per heavy atom. The summed E-state index contributed by atoms with van der Waals surface area (Å²) in [4.78, 5) is 6.69. The highest BCUT2D eigenvalue weighted by molar-refractivity contribution is 6.30. The van der Waals surface area contributed by atoms with Gasteiger partial charge in [0.1, 0.15) is 5.82 Å². The highest BCUT2D eigenvalue weighted by atomic mass is 35.5. The summed E-state index contributed by atoms with van der Waals surface area (Å²) < 4.78 is 0. The molecule has 0 spiro atoms. The molecule has 0 amide bonds. The van der Waals surface area contributed by atoms with Crippen LogP contribution in [-0.4, -0.2) is 30.7 Å². The molecule has 0 aliphatic carbocycles. The molecule has 1 aliphatic heterocycles. The van der Waals surface area contributed by atoms with Crippen LogP contribution in [0.1, 0.15) is 13.3 Å². The zero-order valence-electron chi connectivity index (χ0n) is 8.91. The van der Waals surface area contributed by atoms with Crippen molar-refractivity contribution in [1.29, 1.82) is 0 Å². The molecule has 1 atom stereocenters. The highest BCUT2D eigenvalue weighted by Gasteiger charge is 2.21. The molecule has 1 unspecified atom stereocenters. The zero-order valence-corrected chi connectivity index (χ0v) is 9.67. The van der Waals surface area contributed by atoms with Gasteiger partial charge in [0, 0.05) is 25.3 Å². The number of nitrogens with one attached hydrogen (secondary N) is 1. The summed E-state index contributed by atoms with van der Waals surface area (Å²) in [6, 6.07) is 4.46. The molecule has 0 aromatic carbocycles. The van der Waals surface area contributed by atoms with Crippen LogP contribution in [0.15, 0.2) is 18.3 Å². The molecule has 1 N–H and O–H groups in total. The molecule has 0 saturated carbocycles. The number of anilines is 1. The third-order valence-electron chi connectivity index (χ3n) is 2.82. The number of rotatable bonds is 3. The van der Waals surface area contributed by atoms with Gasteiger partial charge in [0.15, 0.2) is 0 Å². The molecule has 15 heavy (non-hydrogen) atoms. The van der Waals surface area contributed by atoms with Crippen molar-refractivity contribution in [1.82, 2.24) is 10.3 Å². The van der Waals surface area contributed by atoms with Crippen LogP contribution in [0.4, 0.5) is 5.82 Å². The summed E-state index contributed by atoms with van der Waals surface area (Å²) in [7, 11) is 0. The molecule has 0 bridgehead atoms. The van der Waals surface area contributed by atoms with E-state index in [0.29, 0.717) is 11.1 Å². The Balaban J connectivity index is 2.14. The molecule has 1 fully saturated rings. The minimum atomic E-state index is 0.573. The summed E-state index contributed by atoms with van der Waals surface area (Å²) >= 11 is 5.83. The molecule has 2 rings (SSSR count). The van der Waals surface area contributed by atoms with Crippen molar-refractivity contribution in [2.24, 2.45) is 0 Å². The first-order valence-corrected chi connectivity index (χ1v) is 5.78. The van der Waals surface area contributed by atoms with E-state index in [0.717, 1.165) is 25.5 Å². The first-order chi connectivity index (χ1) is 7.31. The van der Waals surface area contributed by atoms with Crippen LogP contribution in [0.5, 0.6) is 0 Å². The summed E-state index contributed by atoms with van der Waals surface area (Å²) in [6.07, 6.45) is 2.90. The molecule has 2 heterocycles. The second-order valence-electron chi connectivity index (χ2n) is 3.77. The van der Waals surface area contributed by atoms with Crippen molar-refractivity contribution in [3.05, 3.63) is 23.4 Å². The molecule has 1 aromatic rings. The van der Waals surface area contributed by atoms with E-state index in [2.05, 4.69) is 22.1 Å². The third-order valence-corrected chi connectivity index (χ3v) is 3.05. The normalized spacial score (nSPS) is 20.5. The van der Waals surface area contributed by atoms with Gasteiger partial charge in [-0.2, -0.15) is 0 Å². The van der Waals surface area contributed by atoms with E-state index in [9.17, 15) is 0 Å². The number of hydrogen-bond acceptors (Lipinski definition) is 3. The second-order valence-corrected chi connectivity index (χ2v) is 4.20. The van der Waals surface area contributed by atoms with Crippen LogP contribution in [0.3, 0.4) is 0 Å². The number of nitrogens with zero attached hydrogens (tertiary/aromatic N) is 2. The maximum Gasteiger partial charge on any atom is 0.128 e. The van der Waals surface area contributed by atoms with E-state index in [-0.39, 0.29) is 0 Å². The van der Waals surface area contributed by atoms with Crippen LogP contribution in [-0.2, 0) is 0 Å². The summed E-state index contributed by atoms with van der Waals surface area (Å²) in [5.41, 5.74) is 0. The summed E-state index contributed by atoms with van der Waals surface area (Å²) in [5, 5.41) is 4.07. The summed E-state index contributed by atoms with van der Waals surface area (Å²) in [6.45, 7) is 5.31. The van der Waals surface area contributed by atoms with Crippen LogP contribution in [0.2, 0.25) is 5.02 Å². The lowest BCUT2D eigenvalue weighted by atomic mass is 10.2. The van der Waals surface area contributed by atoms with Crippen molar-refractivity contribution in [2.75, 3.05) is 24.5 Å². The quantitative estimate of drug-likeness (QED) is 0.852. The molecular formula is C11H16ClN3. The Bertz CT molecular complexity index is 306. The first kappa shape index (κ1) is 10.7. The molecular weight excluding hydrogens is 210 g/mol. The van der Waals surface area contributed by atoms with E-state index in [1.165, 1.54) is 6.42 Å². The topological polar surface area (TPSA) is 28.2 Å². The van der Waals surface area contributed by atoms with Crippen LogP contribution < -0.4 is 10.2 Å². The lowest BCUT2D eigenvalue weighted by Crippen LogP contribution is -2.37. The maximum atomic E-state index is 5.83. The van der Waals surface area contributed by atoms with Crippen LogP contribution in [0.25, 0.3) is 0 Å². The largest absolute Gasteiger partial charge is 0.353 e. The number of likely N-dealkylation sites (N-methyl/N-ethyl adjacent to an activating group) is 1. The van der Waals surface area contributed by atoms with Gasteiger partial charge in [0.25, 0.3) is 0 Å². The third kappa shape index (κ3) is 2.41. The van der Waals surface area contributed by atoms with E-state index in [1.54, 1.807) is 6.20 Å². The van der Waals surface area contributed by atoms with E-state index in [4.69, 9.17) is 11.6 Å². The molecule has 0 radical (unpaired) electrons. The van der Waals surface area contributed by atoms with Gasteiger partial charge in [-0.25, -0.2) is 4.98 Å². The minimum absolute atomic E-state index is 0.573. The Kier molecular flexibility index (Phi) is 3.44. The van der Waals surface area contributed by atoms with Gasteiger partial charge in [-0.05, 0) is 32.0 Å². The standard InChI is InChI=1S/C11H16ClN3/c1-2-15(10-5-6-13-8-10)11-4-3-9(12)7-14-11/h3-4,7,10,13H,2,5-6,8H2,1H3. The van der Waals surface area contributed by atoms with Gasteiger partial charge < -0.3 is 10.2 Å². The molecule has 1 saturated heterocycles.